The lowest BCUT2D eigenvalue weighted by Crippen LogP contribution is -2.23. The molecule has 1 aliphatic rings. The van der Waals surface area contributed by atoms with Gasteiger partial charge < -0.3 is 10.0 Å². The van der Waals surface area contributed by atoms with E-state index in [0.29, 0.717) is 25.1 Å². The second-order valence-corrected chi connectivity index (χ2v) is 4.04. The smallest absolute Gasteiger partial charge is 0.338 e. The number of nitrogens with zero attached hydrogens (tertiary/aromatic N) is 1. The van der Waals surface area contributed by atoms with Crippen molar-refractivity contribution in [2.75, 3.05) is 6.54 Å². The van der Waals surface area contributed by atoms with Gasteiger partial charge in [0.05, 0.1) is 5.56 Å². The molecule has 1 aromatic rings. The Kier molecular flexibility index (Phi) is 3.08. The molecular weight excluding hydrogens is 225 g/mol. The van der Waals surface area contributed by atoms with E-state index in [0.717, 1.165) is 6.42 Å². The highest BCUT2D eigenvalue weighted by Crippen LogP contribution is 2.16. The van der Waals surface area contributed by atoms with Crippen LogP contribution in [-0.2, 0) is 11.3 Å². The number of rotatable bonds is 3. The van der Waals surface area contributed by atoms with Gasteiger partial charge in [0.15, 0.2) is 0 Å². The summed E-state index contributed by atoms with van der Waals surface area (Å²) in [5, 5.41) is 8.68. The molecule has 1 saturated heterocycles. The lowest BCUT2D eigenvalue weighted by Gasteiger charge is -2.15. The van der Waals surface area contributed by atoms with Gasteiger partial charge in [0, 0.05) is 19.5 Å². The summed E-state index contributed by atoms with van der Waals surface area (Å²) in [5.74, 6) is -1.99. The summed E-state index contributed by atoms with van der Waals surface area (Å²) in [4.78, 5) is 23.6. The van der Waals surface area contributed by atoms with E-state index < -0.39 is 11.8 Å². The van der Waals surface area contributed by atoms with Gasteiger partial charge in [-0.2, -0.15) is 0 Å². The van der Waals surface area contributed by atoms with Gasteiger partial charge >= 0.3 is 5.97 Å². The van der Waals surface area contributed by atoms with Crippen LogP contribution >= 0.6 is 0 Å². The minimum atomic E-state index is -1.29. The zero-order valence-corrected chi connectivity index (χ0v) is 9.15. The topological polar surface area (TPSA) is 57.6 Å². The van der Waals surface area contributed by atoms with Crippen molar-refractivity contribution in [1.29, 1.82) is 0 Å². The Bertz CT molecular complexity index is 473. The second-order valence-electron chi connectivity index (χ2n) is 4.04. The molecule has 1 heterocycles. The molecule has 4 nitrogen and oxygen atoms in total. The van der Waals surface area contributed by atoms with Crippen molar-refractivity contribution in [3.63, 3.8) is 0 Å². The van der Waals surface area contributed by atoms with E-state index in [1.54, 1.807) is 4.90 Å². The number of hydrogen-bond donors (Lipinski definition) is 1. The predicted octanol–water partition coefficient (Wildman–Crippen LogP) is 1.65. The van der Waals surface area contributed by atoms with Gasteiger partial charge in [0.25, 0.3) is 0 Å². The molecule has 2 rings (SSSR count). The van der Waals surface area contributed by atoms with Gasteiger partial charge in [-0.1, -0.05) is 6.07 Å². The highest BCUT2D eigenvalue weighted by molar-refractivity contribution is 5.87. The van der Waals surface area contributed by atoms with Crippen molar-refractivity contribution < 1.29 is 19.1 Å². The third-order valence-electron chi connectivity index (χ3n) is 2.81. The van der Waals surface area contributed by atoms with Gasteiger partial charge in [0.2, 0.25) is 5.91 Å². The molecule has 0 spiro atoms. The van der Waals surface area contributed by atoms with E-state index in [2.05, 4.69) is 0 Å². The molecule has 1 amide bonds. The third-order valence-corrected chi connectivity index (χ3v) is 2.81. The first kappa shape index (κ1) is 11.6. The van der Waals surface area contributed by atoms with Crippen molar-refractivity contribution >= 4 is 11.9 Å². The number of carbonyl (C=O) groups excluding carboxylic acids is 1. The first-order valence-electron chi connectivity index (χ1n) is 5.37. The molecule has 0 aliphatic carbocycles. The molecule has 0 unspecified atom stereocenters. The van der Waals surface area contributed by atoms with Crippen LogP contribution < -0.4 is 0 Å². The van der Waals surface area contributed by atoms with Crippen LogP contribution in [0.15, 0.2) is 18.2 Å². The Hall–Kier alpha value is -1.91. The Labute approximate surface area is 97.7 Å². The summed E-state index contributed by atoms with van der Waals surface area (Å²) in [6.07, 6.45) is 1.37. The molecule has 1 aliphatic heterocycles. The fourth-order valence-corrected chi connectivity index (χ4v) is 1.92. The number of carboxylic acid groups (broad SMARTS) is 1. The SMILES string of the molecule is O=C(O)c1ccc(CN2CCCC2=O)cc1F. The summed E-state index contributed by atoms with van der Waals surface area (Å²) in [5.41, 5.74) is 0.268. The van der Waals surface area contributed by atoms with Gasteiger partial charge in [-0.3, -0.25) is 4.79 Å². The molecule has 0 radical (unpaired) electrons. The van der Waals surface area contributed by atoms with Crippen molar-refractivity contribution in [2.45, 2.75) is 19.4 Å². The predicted molar refractivity (Wildman–Crippen MR) is 58.0 cm³/mol. The van der Waals surface area contributed by atoms with Crippen LogP contribution in [0.3, 0.4) is 0 Å². The fraction of sp³-hybridized carbons (Fsp3) is 0.333. The van der Waals surface area contributed by atoms with E-state index in [4.69, 9.17) is 5.11 Å². The summed E-state index contributed by atoms with van der Waals surface area (Å²) >= 11 is 0. The molecule has 1 N–H and O–H groups in total. The summed E-state index contributed by atoms with van der Waals surface area (Å²) in [7, 11) is 0. The zero-order valence-electron chi connectivity index (χ0n) is 9.15. The molecule has 5 heteroatoms. The normalized spacial score (nSPS) is 15.4. The average Bonchev–Trinajstić information content (AvgIpc) is 2.64. The number of benzene rings is 1. The molecule has 17 heavy (non-hydrogen) atoms. The number of carboxylic acids is 1. The van der Waals surface area contributed by atoms with Gasteiger partial charge in [-0.25, -0.2) is 9.18 Å². The van der Waals surface area contributed by atoms with Crippen LogP contribution in [0.1, 0.15) is 28.8 Å². The Morgan fingerprint density at radius 2 is 2.24 bits per heavy atom. The van der Waals surface area contributed by atoms with Crippen LogP contribution in [0, 0.1) is 5.82 Å². The Morgan fingerprint density at radius 1 is 1.47 bits per heavy atom. The number of likely N-dealkylation sites (tertiary alicyclic amines) is 1. The van der Waals surface area contributed by atoms with Crippen LogP contribution in [0.4, 0.5) is 4.39 Å². The molecule has 0 bridgehead atoms. The number of amides is 1. The van der Waals surface area contributed by atoms with Gasteiger partial charge in [0.1, 0.15) is 5.82 Å². The van der Waals surface area contributed by atoms with Crippen LogP contribution in [0.2, 0.25) is 0 Å². The number of carbonyl (C=O) groups is 2. The van der Waals surface area contributed by atoms with Crippen molar-refractivity contribution in [2.24, 2.45) is 0 Å². The molecule has 0 saturated carbocycles. The first-order chi connectivity index (χ1) is 8.08. The zero-order chi connectivity index (χ0) is 12.4. The molecular formula is C12H12FNO3. The summed E-state index contributed by atoms with van der Waals surface area (Å²) in [6.45, 7) is 1.02. The maximum absolute atomic E-state index is 13.4. The summed E-state index contributed by atoms with van der Waals surface area (Å²) < 4.78 is 13.4. The van der Waals surface area contributed by atoms with Crippen LogP contribution in [0.25, 0.3) is 0 Å². The highest BCUT2D eigenvalue weighted by Gasteiger charge is 2.20. The van der Waals surface area contributed by atoms with Crippen molar-refractivity contribution in [3.8, 4) is 0 Å². The number of aromatic carboxylic acids is 1. The van der Waals surface area contributed by atoms with Crippen LogP contribution in [0.5, 0.6) is 0 Å². The maximum atomic E-state index is 13.4. The van der Waals surface area contributed by atoms with Gasteiger partial charge in [-0.15, -0.1) is 0 Å². The van der Waals surface area contributed by atoms with E-state index >= 15 is 0 Å². The second kappa shape index (κ2) is 4.53. The molecule has 0 aromatic heterocycles. The largest absolute Gasteiger partial charge is 0.478 e. The monoisotopic (exact) mass is 237 g/mol. The van der Waals surface area contributed by atoms with Crippen molar-refractivity contribution in [1.82, 2.24) is 4.90 Å². The lowest BCUT2D eigenvalue weighted by atomic mass is 10.1. The van der Waals surface area contributed by atoms with Crippen molar-refractivity contribution in [3.05, 3.63) is 35.1 Å². The third kappa shape index (κ3) is 2.43. The van der Waals surface area contributed by atoms with E-state index in [1.807, 2.05) is 0 Å². The number of hydrogen-bond acceptors (Lipinski definition) is 2. The summed E-state index contributed by atoms with van der Waals surface area (Å²) in [6, 6.07) is 3.95. The highest BCUT2D eigenvalue weighted by atomic mass is 19.1. The van der Waals surface area contributed by atoms with Gasteiger partial charge in [-0.05, 0) is 24.1 Å². The standard InChI is InChI=1S/C12H12FNO3/c13-10-6-8(3-4-9(10)12(16)17)7-14-5-1-2-11(14)15/h3-4,6H,1-2,5,7H2,(H,16,17). The molecule has 1 aromatic carbocycles. The Balaban J connectivity index is 2.15. The lowest BCUT2D eigenvalue weighted by molar-refractivity contribution is -0.128. The number of halogens is 1. The maximum Gasteiger partial charge on any atom is 0.338 e. The minimum absolute atomic E-state index is 0.0627. The van der Waals surface area contributed by atoms with E-state index in [1.165, 1.54) is 18.2 Å². The molecule has 0 atom stereocenters. The first-order valence-corrected chi connectivity index (χ1v) is 5.37. The average molecular weight is 237 g/mol. The van der Waals surface area contributed by atoms with Crippen LogP contribution in [-0.4, -0.2) is 28.4 Å². The minimum Gasteiger partial charge on any atom is -0.478 e. The Morgan fingerprint density at radius 3 is 2.76 bits per heavy atom. The molecule has 90 valence electrons. The fourth-order valence-electron chi connectivity index (χ4n) is 1.92. The van der Waals surface area contributed by atoms with E-state index in [-0.39, 0.29) is 11.5 Å². The quantitative estimate of drug-likeness (QED) is 0.869. The molecule has 1 fully saturated rings. The van der Waals surface area contributed by atoms with E-state index in [9.17, 15) is 14.0 Å².